The summed E-state index contributed by atoms with van der Waals surface area (Å²) in [6.07, 6.45) is 3.10. The van der Waals surface area contributed by atoms with E-state index < -0.39 is 12.1 Å². The molecule has 6 nitrogen and oxygen atoms in total. The Kier molecular flexibility index (Phi) is 9.43. The number of β-amino-alcohol motifs (C(OH)–C–C–N with tert-alkyl or cyclic N) is 1. The Bertz CT molecular complexity index is 426. The van der Waals surface area contributed by atoms with Crippen LogP contribution in [0.1, 0.15) is 60.3 Å². The van der Waals surface area contributed by atoms with E-state index in [1.54, 1.807) is 0 Å². The summed E-state index contributed by atoms with van der Waals surface area (Å²) in [5.41, 5.74) is 0. The fourth-order valence-corrected chi connectivity index (χ4v) is 3.32. The standard InChI is InChI=1S/C19H37N3O3/c1-13(2)7-6-9-22-10-8-16(18(24)12-22)21-19(25)17(11-14(3)4)20-15(5)23/h13-14,16-18,24H,6-12H2,1-5H3,(H,20,23)(H,21,25)/t16?,17-,18?/m0/s1. The Labute approximate surface area is 152 Å². The molecular formula is C19H37N3O3. The van der Waals surface area contributed by atoms with E-state index in [1.165, 1.54) is 13.3 Å². The number of nitrogens with one attached hydrogen (secondary N) is 2. The van der Waals surface area contributed by atoms with Gasteiger partial charge in [0.05, 0.1) is 12.1 Å². The maximum atomic E-state index is 12.5. The zero-order valence-corrected chi connectivity index (χ0v) is 16.5. The van der Waals surface area contributed by atoms with Gasteiger partial charge in [0, 0.05) is 20.0 Å². The number of piperidine rings is 1. The van der Waals surface area contributed by atoms with E-state index in [2.05, 4.69) is 29.4 Å². The number of rotatable bonds is 9. The smallest absolute Gasteiger partial charge is 0.242 e. The largest absolute Gasteiger partial charge is 0.390 e. The minimum atomic E-state index is -0.561. The first kappa shape index (κ1) is 21.9. The molecule has 0 bridgehead atoms. The lowest BCUT2D eigenvalue weighted by Gasteiger charge is -2.37. The Balaban J connectivity index is 2.47. The molecule has 146 valence electrons. The lowest BCUT2D eigenvalue weighted by molar-refractivity contribution is -0.130. The Morgan fingerprint density at radius 2 is 1.88 bits per heavy atom. The monoisotopic (exact) mass is 355 g/mol. The Hall–Kier alpha value is -1.14. The van der Waals surface area contributed by atoms with Crippen LogP contribution in [0.15, 0.2) is 0 Å². The van der Waals surface area contributed by atoms with Crippen molar-refractivity contribution < 1.29 is 14.7 Å². The van der Waals surface area contributed by atoms with Crippen molar-refractivity contribution in [3.63, 3.8) is 0 Å². The molecule has 2 amide bonds. The van der Waals surface area contributed by atoms with Crippen LogP contribution >= 0.6 is 0 Å². The van der Waals surface area contributed by atoms with Crippen molar-refractivity contribution >= 4 is 11.8 Å². The molecule has 0 aromatic carbocycles. The van der Waals surface area contributed by atoms with Crippen molar-refractivity contribution in [1.82, 2.24) is 15.5 Å². The number of carbonyl (C=O) groups is 2. The summed E-state index contributed by atoms with van der Waals surface area (Å²) in [6, 6.07) is -0.772. The van der Waals surface area contributed by atoms with Gasteiger partial charge >= 0.3 is 0 Å². The molecule has 25 heavy (non-hydrogen) atoms. The van der Waals surface area contributed by atoms with Crippen molar-refractivity contribution in [2.45, 2.75) is 78.5 Å². The molecular weight excluding hydrogens is 318 g/mol. The molecule has 0 radical (unpaired) electrons. The summed E-state index contributed by atoms with van der Waals surface area (Å²) >= 11 is 0. The second-order valence-corrected chi connectivity index (χ2v) is 8.19. The SMILES string of the molecule is CC(=O)N[C@@H](CC(C)C)C(=O)NC1CCN(CCCC(C)C)CC1O. The molecule has 0 spiro atoms. The molecule has 1 fully saturated rings. The molecule has 1 rings (SSSR count). The van der Waals surface area contributed by atoms with E-state index in [0.29, 0.717) is 24.8 Å². The van der Waals surface area contributed by atoms with E-state index >= 15 is 0 Å². The quantitative estimate of drug-likeness (QED) is 0.586. The van der Waals surface area contributed by atoms with E-state index in [9.17, 15) is 14.7 Å². The van der Waals surface area contributed by atoms with Gasteiger partial charge in [-0.2, -0.15) is 0 Å². The molecule has 0 saturated carbocycles. The third kappa shape index (κ3) is 8.68. The predicted molar refractivity (Wildman–Crippen MR) is 100 cm³/mol. The van der Waals surface area contributed by atoms with Crippen molar-refractivity contribution in [2.75, 3.05) is 19.6 Å². The summed E-state index contributed by atoms with van der Waals surface area (Å²) in [5.74, 6) is 0.603. The fraction of sp³-hybridized carbons (Fsp3) is 0.895. The highest BCUT2D eigenvalue weighted by Crippen LogP contribution is 2.14. The molecule has 1 saturated heterocycles. The van der Waals surface area contributed by atoms with E-state index in [1.807, 2.05) is 13.8 Å². The average molecular weight is 356 g/mol. The second kappa shape index (κ2) is 10.8. The molecule has 1 aliphatic heterocycles. The van der Waals surface area contributed by atoms with Crippen LogP contribution in [0.5, 0.6) is 0 Å². The van der Waals surface area contributed by atoms with Gasteiger partial charge in [0.2, 0.25) is 11.8 Å². The summed E-state index contributed by atoms with van der Waals surface area (Å²) in [7, 11) is 0. The number of amides is 2. The van der Waals surface area contributed by atoms with Crippen molar-refractivity contribution in [1.29, 1.82) is 0 Å². The minimum Gasteiger partial charge on any atom is -0.390 e. The summed E-state index contributed by atoms with van der Waals surface area (Å²) in [4.78, 5) is 26.1. The molecule has 3 N–H and O–H groups in total. The molecule has 0 aromatic rings. The number of nitrogens with zero attached hydrogens (tertiary/aromatic N) is 1. The first-order chi connectivity index (χ1) is 11.7. The van der Waals surface area contributed by atoms with Crippen LogP contribution in [0.2, 0.25) is 0 Å². The van der Waals surface area contributed by atoms with Gasteiger partial charge in [0.1, 0.15) is 6.04 Å². The maximum absolute atomic E-state index is 12.5. The number of carbonyl (C=O) groups excluding carboxylic acids is 2. The highest BCUT2D eigenvalue weighted by Gasteiger charge is 2.31. The van der Waals surface area contributed by atoms with Crippen LogP contribution in [0.3, 0.4) is 0 Å². The summed E-state index contributed by atoms with van der Waals surface area (Å²) in [5, 5.41) is 16.1. The highest BCUT2D eigenvalue weighted by molar-refractivity contribution is 5.87. The van der Waals surface area contributed by atoms with Gasteiger partial charge in [0.15, 0.2) is 0 Å². The van der Waals surface area contributed by atoms with Crippen molar-refractivity contribution in [3.05, 3.63) is 0 Å². The van der Waals surface area contributed by atoms with Crippen LogP contribution in [-0.2, 0) is 9.59 Å². The zero-order valence-electron chi connectivity index (χ0n) is 16.5. The lowest BCUT2D eigenvalue weighted by atomic mass is 9.98. The number of hydrogen-bond acceptors (Lipinski definition) is 4. The highest BCUT2D eigenvalue weighted by atomic mass is 16.3. The fourth-order valence-electron chi connectivity index (χ4n) is 3.32. The maximum Gasteiger partial charge on any atom is 0.242 e. The molecule has 1 heterocycles. The predicted octanol–water partition coefficient (Wildman–Crippen LogP) is 1.52. The third-order valence-electron chi connectivity index (χ3n) is 4.65. The number of hydrogen-bond donors (Lipinski definition) is 3. The van der Waals surface area contributed by atoms with Crippen LogP contribution in [-0.4, -0.2) is 59.6 Å². The van der Waals surface area contributed by atoms with Crippen LogP contribution in [0, 0.1) is 11.8 Å². The number of aliphatic hydroxyl groups is 1. The molecule has 0 aromatic heterocycles. The first-order valence-electron chi connectivity index (χ1n) is 9.67. The van der Waals surface area contributed by atoms with Crippen LogP contribution < -0.4 is 10.6 Å². The topological polar surface area (TPSA) is 81.7 Å². The zero-order chi connectivity index (χ0) is 19.0. The van der Waals surface area contributed by atoms with E-state index in [0.717, 1.165) is 25.9 Å². The lowest BCUT2D eigenvalue weighted by Crippen LogP contribution is -2.57. The molecule has 2 unspecified atom stereocenters. The number of aliphatic hydroxyl groups excluding tert-OH is 1. The third-order valence-corrected chi connectivity index (χ3v) is 4.65. The van der Waals surface area contributed by atoms with Gasteiger partial charge in [-0.05, 0) is 44.1 Å². The van der Waals surface area contributed by atoms with Gasteiger partial charge in [-0.15, -0.1) is 0 Å². The van der Waals surface area contributed by atoms with Gasteiger partial charge in [-0.1, -0.05) is 27.7 Å². The van der Waals surface area contributed by atoms with Crippen molar-refractivity contribution in [3.8, 4) is 0 Å². The van der Waals surface area contributed by atoms with Gasteiger partial charge in [-0.3, -0.25) is 9.59 Å². The van der Waals surface area contributed by atoms with Crippen LogP contribution in [0.4, 0.5) is 0 Å². The first-order valence-corrected chi connectivity index (χ1v) is 9.67. The van der Waals surface area contributed by atoms with Crippen molar-refractivity contribution in [2.24, 2.45) is 11.8 Å². The average Bonchev–Trinajstić information content (AvgIpc) is 2.47. The molecule has 1 aliphatic rings. The van der Waals surface area contributed by atoms with E-state index in [4.69, 9.17) is 0 Å². The van der Waals surface area contributed by atoms with Gasteiger partial charge < -0.3 is 20.6 Å². The Morgan fingerprint density at radius 1 is 1.20 bits per heavy atom. The summed E-state index contributed by atoms with van der Waals surface area (Å²) < 4.78 is 0. The van der Waals surface area contributed by atoms with Gasteiger partial charge in [-0.25, -0.2) is 0 Å². The number of likely N-dealkylation sites (tertiary alicyclic amines) is 1. The molecule has 0 aliphatic carbocycles. The minimum absolute atomic E-state index is 0.193. The van der Waals surface area contributed by atoms with Crippen LogP contribution in [0.25, 0.3) is 0 Å². The molecule has 3 atom stereocenters. The normalized spacial score (nSPS) is 22.9. The summed E-state index contributed by atoms with van der Waals surface area (Å²) in [6.45, 7) is 12.4. The Morgan fingerprint density at radius 3 is 2.40 bits per heavy atom. The van der Waals surface area contributed by atoms with Gasteiger partial charge in [0.25, 0.3) is 0 Å². The second-order valence-electron chi connectivity index (χ2n) is 8.19. The molecule has 6 heteroatoms. The van der Waals surface area contributed by atoms with E-state index in [-0.39, 0.29) is 17.9 Å².